The number of nitrogens with zero attached hydrogens (tertiary/aromatic N) is 1. The smallest absolute Gasteiger partial charge is 0.102 e. The quantitative estimate of drug-likeness (QED) is 0.239. The maximum Gasteiger partial charge on any atom is 0.102 e. The SMILES string of the molecule is IN(c1c#cc(-c2ccccc2)cc1)c1cccc(-c2ccccc2)c1. The van der Waals surface area contributed by atoms with Crippen molar-refractivity contribution in [1.82, 2.24) is 0 Å². The van der Waals surface area contributed by atoms with E-state index >= 15 is 0 Å². The van der Waals surface area contributed by atoms with Crippen LogP contribution in [0.4, 0.5) is 11.4 Å². The summed E-state index contributed by atoms with van der Waals surface area (Å²) in [6, 6.07) is 40.0. The lowest BCUT2D eigenvalue weighted by Gasteiger charge is -2.16. The highest BCUT2D eigenvalue weighted by Crippen LogP contribution is 2.32. The number of benzene rings is 3. The molecule has 0 heterocycles. The lowest BCUT2D eigenvalue weighted by Crippen LogP contribution is -2.00. The lowest BCUT2D eigenvalue weighted by molar-refractivity contribution is 1.47. The summed E-state index contributed by atoms with van der Waals surface area (Å²) in [7, 11) is 0. The van der Waals surface area contributed by atoms with Gasteiger partial charge in [-0.05, 0) is 47.0 Å². The van der Waals surface area contributed by atoms with Gasteiger partial charge >= 0.3 is 0 Å². The highest BCUT2D eigenvalue weighted by Gasteiger charge is 2.08. The van der Waals surface area contributed by atoms with E-state index in [2.05, 4.69) is 111 Å². The third-order valence-corrected chi connectivity index (χ3v) is 5.29. The zero-order valence-corrected chi connectivity index (χ0v) is 16.2. The molecule has 0 aliphatic rings. The second kappa shape index (κ2) is 7.63. The molecule has 4 rings (SSSR count). The van der Waals surface area contributed by atoms with Crippen molar-refractivity contribution < 1.29 is 0 Å². The first-order chi connectivity index (χ1) is 12.8. The Kier molecular flexibility index (Phi) is 4.90. The molecule has 0 amide bonds. The van der Waals surface area contributed by atoms with E-state index in [4.69, 9.17) is 0 Å². The van der Waals surface area contributed by atoms with Gasteiger partial charge in [-0.25, -0.2) is 0 Å². The molecule has 0 saturated heterocycles. The van der Waals surface area contributed by atoms with Gasteiger partial charge in [-0.15, -0.1) is 0 Å². The number of hydrogen-bond acceptors (Lipinski definition) is 1. The molecule has 0 spiro atoms. The van der Waals surface area contributed by atoms with E-state index in [1.54, 1.807) is 0 Å². The molecule has 124 valence electrons. The maximum atomic E-state index is 3.29. The zero-order chi connectivity index (χ0) is 17.8. The topological polar surface area (TPSA) is 3.24 Å². The van der Waals surface area contributed by atoms with Crippen molar-refractivity contribution in [3.8, 4) is 22.3 Å². The Hall–Kier alpha value is -2.77. The fraction of sp³-hybridized carbons (Fsp3) is 0. The first kappa shape index (κ1) is 16.7. The summed E-state index contributed by atoms with van der Waals surface area (Å²) < 4.78 is 2.11. The summed E-state index contributed by atoms with van der Waals surface area (Å²) in [5.41, 5.74) is 6.72. The Labute approximate surface area is 168 Å². The van der Waals surface area contributed by atoms with E-state index in [0.717, 1.165) is 22.5 Å². The van der Waals surface area contributed by atoms with Crippen molar-refractivity contribution >= 4 is 34.2 Å². The van der Waals surface area contributed by atoms with Crippen LogP contribution in [0, 0.1) is 12.1 Å². The van der Waals surface area contributed by atoms with Crippen molar-refractivity contribution in [3.05, 3.63) is 109 Å². The average molecular weight is 445 g/mol. The van der Waals surface area contributed by atoms with E-state index in [1.165, 1.54) is 11.1 Å². The van der Waals surface area contributed by atoms with Crippen LogP contribution in [-0.4, -0.2) is 0 Å². The van der Waals surface area contributed by atoms with Gasteiger partial charge in [0.25, 0.3) is 0 Å². The fourth-order valence-corrected chi connectivity index (χ4v) is 3.44. The minimum Gasteiger partial charge on any atom is -0.275 e. The molecular weight excluding hydrogens is 429 g/mol. The first-order valence-corrected chi connectivity index (χ1v) is 9.38. The van der Waals surface area contributed by atoms with Gasteiger partial charge in [0.05, 0.1) is 28.6 Å². The van der Waals surface area contributed by atoms with Crippen LogP contribution in [0.15, 0.2) is 97.1 Å². The molecule has 0 aromatic heterocycles. The standard InChI is InChI=1S/C24H16IN/c25-26(23-16-14-21(15-17-23)19-8-3-1-4-9-19)24-13-7-12-22(18-24)20-10-5-2-6-11-20/h1-14,16,18H. The summed E-state index contributed by atoms with van der Waals surface area (Å²) in [6.45, 7) is 0. The molecule has 0 N–H and O–H groups in total. The normalized spacial score (nSPS) is 10.2. The van der Waals surface area contributed by atoms with Crippen LogP contribution in [0.25, 0.3) is 22.3 Å². The molecule has 0 radical (unpaired) electrons. The van der Waals surface area contributed by atoms with Gasteiger partial charge < -0.3 is 0 Å². The Bertz CT molecular complexity index is 979. The molecule has 0 aliphatic carbocycles. The van der Waals surface area contributed by atoms with Crippen molar-refractivity contribution in [3.63, 3.8) is 0 Å². The lowest BCUT2D eigenvalue weighted by atomic mass is 10.1. The van der Waals surface area contributed by atoms with Gasteiger partial charge in [-0.2, -0.15) is 0 Å². The maximum absolute atomic E-state index is 3.29. The average Bonchev–Trinajstić information content (AvgIpc) is 2.75. The third-order valence-electron chi connectivity index (χ3n) is 4.21. The Morgan fingerprint density at radius 1 is 0.577 bits per heavy atom. The number of anilines is 2. The summed E-state index contributed by atoms with van der Waals surface area (Å²) in [4.78, 5) is 0. The zero-order valence-electron chi connectivity index (χ0n) is 14.1. The van der Waals surface area contributed by atoms with Crippen LogP contribution in [0.1, 0.15) is 0 Å². The molecule has 26 heavy (non-hydrogen) atoms. The predicted octanol–water partition coefficient (Wildman–Crippen LogP) is 7.11. The highest BCUT2D eigenvalue weighted by molar-refractivity contribution is 14.1. The molecule has 0 atom stereocenters. The molecule has 4 aromatic carbocycles. The third kappa shape index (κ3) is 3.58. The first-order valence-electron chi connectivity index (χ1n) is 8.42. The summed E-state index contributed by atoms with van der Waals surface area (Å²) in [6.07, 6.45) is 0. The molecule has 0 fully saturated rings. The van der Waals surface area contributed by atoms with Crippen LogP contribution >= 0.6 is 22.9 Å². The van der Waals surface area contributed by atoms with E-state index in [9.17, 15) is 0 Å². The van der Waals surface area contributed by atoms with Gasteiger partial charge in [0.1, 0.15) is 5.69 Å². The number of halogens is 1. The van der Waals surface area contributed by atoms with Crippen molar-refractivity contribution in [2.75, 3.05) is 3.11 Å². The molecule has 0 bridgehead atoms. The van der Waals surface area contributed by atoms with E-state index in [0.29, 0.717) is 0 Å². The van der Waals surface area contributed by atoms with Gasteiger partial charge in [0.15, 0.2) is 0 Å². The summed E-state index contributed by atoms with van der Waals surface area (Å²) in [5, 5.41) is 0. The second-order valence-corrected chi connectivity index (χ2v) is 6.91. The van der Waals surface area contributed by atoms with Gasteiger partial charge in [-0.3, -0.25) is 3.11 Å². The van der Waals surface area contributed by atoms with Crippen LogP contribution < -0.4 is 3.11 Å². The molecule has 0 unspecified atom stereocenters. The Morgan fingerprint density at radius 3 is 1.88 bits per heavy atom. The van der Waals surface area contributed by atoms with Gasteiger partial charge in [0, 0.05) is 5.56 Å². The monoisotopic (exact) mass is 445 g/mol. The van der Waals surface area contributed by atoms with E-state index in [-0.39, 0.29) is 0 Å². The number of rotatable bonds is 4. The van der Waals surface area contributed by atoms with Crippen molar-refractivity contribution in [1.29, 1.82) is 0 Å². The molecule has 1 nitrogen and oxygen atoms in total. The van der Waals surface area contributed by atoms with E-state index < -0.39 is 0 Å². The van der Waals surface area contributed by atoms with Gasteiger partial charge in [0.2, 0.25) is 0 Å². The highest BCUT2D eigenvalue weighted by atomic mass is 127. The summed E-state index contributed by atoms with van der Waals surface area (Å²) >= 11 is 2.32. The van der Waals surface area contributed by atoms with Crippen LogP contribution in [0.2, 0.25) is 0 Å². The van der Waals surface area contributed by atoms with Gasteiger partial charge in [-0.1, -0.05) is 78.9 Å². The van der Waals surface area contributed by atoms with Crippen LogP contribution in [-0.2, 0) is 0 Å². The van der Waals surface area contributed by atoms with E-state index in [1.807, 2.05) is 24.3 Å². The Morgan fingerprint density at radius 2 is 1.23 bits per heavy atom. The Balaban J connectivity index is 1.61. The minimum absolute atomic E-state index is 0.982. The molecule has 4 aromatic rings. The number of hydrogen-bond donors (Lipinski definition) is 0. The molecule has 2 heteroatoms. The minimum atomic E-state index is 0.982. The fourth-order valence-electron chi connectivity index (χ4n) is 2.85. The molecule has 0 saturated carbocycles. The largest absolute Gasteiger partial charge is 0.275 e. The molecular formula is C24H16IN. The van der Waals surface area contributed by atoms with Crippen molar-refractivity contribution in [2.24, 2.45) is 0 Å². The second-order valence-electron chi connectivity index (χ2n) is 5.95. The molecule has 0 aliphatic heterocycles. The summed E-state index contributed by atoms with van der Waals surface area (Å²) in [5.74, 6) is 0. The van der Waals surface area contributed by atoms with Crippen LogP contribution in [0.5, 0.6) is 0 Å². The predicted molar refractivity (Wildman–Crippen MR) is 118 cm³/mol. The van der Waals surface area contributed by atoms with Crippen LogP contribution in [0.3, 0.4) is 0 Å². The van der Waals surface area contributed by atoms with Crippen molar-refractivity contribution in [2.45, 2.75) is 0 Å².